The Kier molecular flexibility index (Phi) is 6.29. The number of halogens is 2. The zero-order valence-electron chi connectivity index (χ0n) is 14.2. The lowest BCUT2D eigenvalue weighted by atomic mass is 10.2. The van der Waals surface area contributed by atoms with Crippen LogP contribution in [0.1, 0.15) is 15.9 Å². The number of aromatic hydroxyl groups is 1. The van der Waals surface area contributed by atoms with Crippen molar-refractivity contribution < 1.29 is 19.4 Å². The second-order valence-electron chi connectivity index (χ2n) is 5.49. The lowest BCUT2D eigenvalue weighted by molar-refractivity contribution is -0.123. The minimum Gasteiger partial charge on any atom is -0.503 e. The van der Waals surface area contributed by atoms with E-state index in [-0.39, 0.29) is 26.4 Å². The highest BCUT2D eigenvalue weighted by Crippen LogP contribution is 2.38. The third-order valence-corrected chi connectivity index (χ3v) is 5.93. The average Bonchev–Trinajstić information content (AvgIpc) is 2.92. The molecule has 1 fully saturated rings. The molecule has 1 aliphatic rings. The third-order valence-electron chi connectivity index (χ3n) is 3.69. The minimum absolute atomic E-state index is 0.0424. The molecule has 10 heteroatoms. The minimum atomic E-state index is -0.544. The van der Waals surface area contributed by atoms with Gasteiger partial charge in [0.1, 0.15) is 0 Å². The van der Waals surface area contributed by atoms with E-state index in [1.54, 1.807) is 42.5 Å². The molecule has 0 bridgehead atoms. The van der Waals surface area contributed by atoms with Crippen molar-refractivity contribution in [2.75, 3.05) is 7.11 Å². The Bertz CT molecular complexity index is 1030. The van der Waals surface area contributed by atoms with Gasteiger partial charge in [-0.15, -0.1) is 0 Å². The topological polar surface area (TPSA) is 78.9 Å². The van der Waals surface area contributed by atoms with Crippen LogP contribution in [0.5, 0.6) is 11.5 Å². The van der Waals surface area contributed by atoms with Gasteiger partial charge in [-0.05, 0) is 64.1 Å². The highest BCUT2D eigenvalue weighted by atomic mass is 79.9. The fourth-order valence-electron chi connectivity index (χ4n) is 2.36. The number of rotatable bonds is 4. The number of methoxy groups -OCH3 is 1. The molecule has 28 heavy (non-hydrogen) atoms. The summed E-state index contributed by atoms with van der Waals surface area (Å²) in [7, 11) is 1.43. The molecule has 6 nitrogen and oxygen atoms in total. The van der Waals surface area contributed by atoms with Gasteiger partial charge in [-0.1, -0.05) is 35.5 Å². The number of nitrogens with zero attached hydrogens (tertiary/aromatic N) is 1. The first-order valence-electron chi connectivity index (χ1n) is 7.71. The monoisotopic (exact) mass is 498 g/mol. The maximum Gasteiger partial charge on any atom is 0.285 e. The van der Waals surface area contributed by atoms with Crippen molar-refractivity contribution in [3.63, 3.8) is 0 Å². The van der Waals surface area contributed by atoms with Crippen molar-refractivity contribution in [1.82, 2.24) is 10.4 Å². The molecule has 2 N–H and O–H groups in total. The molecule has 2 amide bonds. The number of amides is 2. The fraction of sp³-hybridized carbons (Fsp3) is 0.0556. The van der Waals surface area contributed by atoms with Crippen molar-refractivity contribution in [3.05, 3.63) is 61.9 Å². The Labute approximate surface area is 183 Å². The highest BCUT2D eigenvalue weighted by molar-refractivity contribution is 9.10. The van der Waals surface area contributed by atoms with Gasteiger partial charge in [0.05, 0.1) is 27.1 Å². The Balaban J connectivity index is 1.84. The van der Waals surface area contributed by atoms with Crippen LogP contribution in [0.2, 0.25) is 5.02 Å². The van der Waals surface area contributed by atoms with Crippen molar-refractivity contribution in [2.45, 2.75) is 0 Å². The van der Waals surface area contributed by atoms with Crippen LogP contribution in [0, 0.1) is 0 Å². The lowest BCUT2D eigenvalue weighted by Gasteiger charge is -2.16. The van der Waals surface area contributed by atoms with E-state index in [0.717, 1.165) is 16.8 Å². The Morgan fingerprint density at radius 3 is 2.79 bits per heavy atom. The first-order chi connectivity index (χ1) is 13.3. The first kappa shape index (κ1) is 20.7. The van der Waals surface area contributed by atoms with Crippen LogP contribution in [0.4, 0.5) is 0 Å². The largest absolute Gasteiger partial charge is 0.503 e. The molecule has 0 aliphatic carbocycles. The Morgan fingerprint density at radius 2 is 2.11 bits per heavy atom. The summed E-state index contributed by atoms with van der Waals surface area (Å²) in [5, 5.41) is 11.2. The second-order valence-corrected chi connectivity index (χ2v) is 8.43. The quantitative estimate of drug-likeness (QED) is 0.481. The molecule has 0 unspecified atom stereocenters. The van der Waals surface area contributed by atoms with Gasteiger partial charge in [0.15, 0.2) is 15.8 Å². The summed E-state index contributed by atoms with van der Waals surface area (Å²) in [5.41, 5.74) is 3.32. The van der Waals surface area contributed by atoms with Gasteiger partial charge in [-0.2, -0.15) is 5.01 Å². The molecule has 2 aromatic carbocycles. The number of ether oxygens (including phenoxy) is 1. The van der Waals surface area contributed by atoms with Gasteiger partial charge in [0.25, 0.3) is 11.8 Å². The number of benzene rings is 2. The van der Waals surface area contributed by atoms with Crippen LogP contribution in [0.3, 0.4) is 0 Å². The molecule has 0 atom stereocenters. The van der Waals surface area contributed by atoms with Gasteiger partial charge in [0.2, 0.25) is 0 Å². The van der Waals surface area contributed by atoms with E-state index in [1.807, 2.05) is 0 Å². The summed E-state index contributed by atoms with van der Waals surface area (Å²) in [6, 6.07) is 9.70. The van der Waals surface area contributed by atoms with E-state index in [2.05, 4.69) is 21.4 Å². The van der Waals surface area contributed by atoms with Gasteiger partial charge in [0, 0.05) is 0 Å². The van der Waals surface area contributed by atoms with Crippen molar-refractivity contribution in [1.29, 1.82) is 0 Å². The molecule has 144 valence electrons. The number of hydrogen-bond acceptors (Lipinski definition) is 6. The highest BCUT2D eigenvalue weighted by Gasteiger charge is 2.34. The lowest BCUT2D eigenvalue weighted by Crippen LogP contribution is -2.44. The Hall–Kier alpha value is -2.07. The number of nitrogens with one attached hydrogen (secondary N) is 1. The summed E-state index contributed by atoms with van der Waals surface area (Å²) in [6.07, 6.45) is 1.59. The molecule has 1 saturated heterocycles. The number of thioether (sulfide) groups is 1. The van der Waals surface area contributed by atoms with Crippen LogP contribution in [-0.2, 0) is 4.79 Å². The predicted molar refractivity (Wildman–Crippen MR) is 116 cm³/mol. The molecule has 0 aromatic heterocycles. The van der Waals surface area contributed by atoms with Gasteiger partial charge >= 0.3 is 0 Å². The van der Waals surface area contributed by atoms with Crippen LogP contribution in [0.15, 0.2) is 45.8 Å². The van der Waals surface area contributed by atoms with E-state index in [9.17, 15) is 14.7 Å². The number of hydrogen-bond donors (Lipinski definition) is 2. The van der Waals surface area contributed by atoms with E-state index in [1.165, 1.54) is 7.11 Å². The van der Waals surface area contributed by atoms with Gasteiger partial charge < -0.3 is 9.84 Å². The number of hydrazine groups is 1. The molecule has 3 rings (SSSR count). The van der Waals surface area contributed by atoms with Crippen molar-refractivity contribution >= 4 is 73.7 Å². The molecule has 2 aromatic rings. The van der Waals surface area contributed by atoms with E-state index in [0.29, 0.717) is 14.9 Å². The van der Waals surface area contributed by atoms with E-state index < -0.39 is 11.8 Å². The van der Waals surface area contributed by atoms with Crippen LogP contribution in [0.25, 0.3) is 6.08 Å². The number of phenolic OH excluding ortho intramolecular Hbond substituents is 1. The van der Waals surface area contributed by atoms with Crippen LogP contribution in [-0.4, -0.2) is 33.4 Å². The predicted octanol–water partition coefficient (Wildman–Crippen LogP) is 4.36. The summed E-state index contributed by atoms with van der Waals surface area (Å²) >= 11 is 15.5. The number of carbonyl (C=O) groups excluding carboxylic acids is 2. The standard InChI is InChI=1S/C18H12BrClN2O4S2/c1-26-13-7-9(6-11(19)15(13)23)8-14-17(25)22(18(27)28-14)21-16(24)10-4-2-3-5-12(10)20/h2-8,23H,1H3,(H,21,24)/b14-8+. The van der Waals surface area contributed by atoms with Crippen molar-refractivity contribution in [3.8, 4) is 11.5 Å². The third kappa shape index (κ3) is 4.17. The van der Waals surface area contributed by atoms with Crippen LogP contribution >= 0.6 is 51.5 Å². The molecule has 0 radical (unpaired) electrons. The maximum absolute atomic E-state index is 12.7. The fourth-order valence-corrected chi connectivity index (χ4v) is 4.22. The number of thiocarbonyl (C=S) groups is 1. The van der Waals surface area contributed by atoms with Gasteiger partial charge in [-0.3, -0.25) is 15.0 Å². The Morgan fingerprint density at radius 1 is 1.39 bits per heavy atom. The number of phenols is 1. The number of carbonyl (C=O) groups is 2. The smallest absolute Gasteiger partial charge is 0.285 e. The second kappa shape index (κ2) is 8.52. The molecule has 0 saturated carbocycles. The summed E-state index contributed by atoms with van der Waals surface area (Å²) in [5.74, 6) is -0.807. The zero-order valence-corrected chi connectivity index (χ0v) is 18.2. The van der Waals surface area contributed by atoms with E-state index in [4.69, 9.17) is 28.6 Å². The normalized spacial score (nSPS) is 15.2. The van der Waals surface area contributed by atoms with Gasteiger partial charge in [-0.25, -0.2) is 0 Å². The molecular formula is C18H12BrClN2O4S2. The molecule has 1 heterocycles. The van der Waals surface area contributed by atoms with Crippen LogP contribution < -0.4 is 10.2 Å². The molecule has 0 spiro atoms. The van der Waals surface area contributed by atoms with E-state index >= 15 is 0 Å². The molecular weight excluding hydrogens is 488 g/mol. The molecule has 1 aliphatic heterocycles. The van der Waals surface area contributed by atoms with Crippen molar-refractivity contribution in [2.24, 2.45) is 0 Å². The zero-order chi connectivity index (χ0) is 20.4. The summed E-state index contributed by atoms with van der Waals surface area (Å²) in [4.78, 5) is 25.4. The summed E-state index contributed by atoms with van der Waals surface area (Å²) in [6.45, 7) is 0. The maximum atomic E-state index is 12.7. The SMILES string of the molecule is COc1cc(/C=C2/SC(=S)N(NC(=O)c3ccccc3Cl)C2=O)cc(Br)c1O. The first-order valence-corrected chi connectivity index (χ1v) is 10.1. The average molecular weight is 500 g/mol. The summed E-state index contributed by atoms with van der Waals surface area (Å²) < 4.78 is 5.71.